The number of thiazole rings is 1. The quantitative estimate of drug-likeness (QED) is 0.779. The van der Waals surface area contributed by atoms with E-state index in [1.54, 1.807) is 16.9 Å². The van der Waals surface area contributed by atoms with Gasteiger partial charge in [-0.1, -0.05) is 11.3 Å². The first-order valence-electron chi connectivity index (χ1n) is 5.79. The van der Waals surface area contributed by atoms with Crippen LogP contribution in [0.1, 0.15) is 18.5 Å². The molecule has 0 aliphatic carbocycles. The van der Waals surface area contributed by atoms with Gasteiger partial charge < -0.3 is 15.0 Å². The van der Waals surface area contributed by atoms with E-state index in [-0.39, 0.29) is 11.3 Å². The van der Waals surface area contributed by atoms with Crippen LogP contribution in [0.4, 0.5) is 8.78 Å². The SMILES string of the molecule is Cc1csc(=O)n1CCCC(=O)NCC(O)C(F)F. The van der Waals surface area contributed by atoms with Gasteiger partial charge in [-0.2, -0.15) is 0 Å². The van der Waals surface area contributed by atoms with E-state index >= 15 is 0 Å². The van der Waals surface area contributed by atoms with Crippen LogP contribution in [-0.4, -0.2) is 34.7 Å². The molecule has 5 nitrogen and oxygen atoms in total. The summed E-state index contributed by atoms with van der Waals surface area (Å²) in [4.78, 5) is 22.6. The van der Waals surface area contributed by atoms with Crippen molar-refractivity contribution < 1.29 is 18.7 Å². The van der Waals surface area contributed by atoms with Crippen molar-refractivity contribution in [2.45, 2.75) is 38.8 Å². The van der Waals surface area contributed by atoms with E-state index in [0.29, 0.717) is 13.0 Å². The molecule has 0 bridgehead atoms. The van der Waals surface area contributed by atoms with Crippen molar-refractivity contribution in [3.05, 3.63) is 20.7 Å². The molecule has 1 aromatic heterocycles. The van der Waals surface area contributed by atoms with E-state index < -0.39 is 25.0 Å². The van der Waals surface area contributed by atoms with Crippen LogP contribution in [0.2, 0.25) is 0 Å². The molecule has 1 unspecified atom stereocenters. The Hall–Kier alpha value is -1.28. The number of hydrogen-bond donors (Lipinski definition) is 2. The average Bonchev–Trinajstić information content (AvgIpc) is 2.67. The Labute approximate surface area is 112 Å². The first kappa shape index (κ1) is 15.8. The van der Waals surface area contributed by atoms with E-state index in [0.717, 1.165) is 17.0 Å². The molecule has 1 rings (SSSR count). The third-order valence-electron chi connectivity index (χ3n) is 2.56. The summed E-state index contributed by atoms with van der Waals surface area (Å²) in [6, 6.07) is 0. The number of nitrogens with zero attached hydrogens (tertiary/aromatic N) is 1. The third kappa shape index (κ3) is 5.07. The number of alkyl halides is 2. The van der Waals surface area contributed by atoms with Crippen molar-refractivity contribution in [1.82, 2.24) is 9.88 Å². The summed E-state index contributed by atoms with van der Waals surface area (Å²) >= 11 is 1.10. The summed E-state index contributed by atoms with van der Waals surface area (Å²) in [5.41, 5.74) is 0.837. The summed E-state index contributed by atoms with van der Waals surface area (Å²) in [5, 5.41) is 12.8. The maximum atomic E-state index is 12.0. The lowest BCUT2D eigenvalue weighted by atomic mass is 10.2. The van der Waals surface area contributed by atoms with Gasteiger partial charge in [0.25, 0.3) is 6.43 Å². The second-order valence-corrected chi connectivity index (χ2v) is 4.92. The fraction of sp³-hybridized carbons (Fsp3) is 0.636. The van der Waals surface area contributed by atoms with Crippen molar-refractivity contribution in [1.29, 1.82) is 0 Å². The number of halogens is 2. The lowest BCUT2D eigenvalue weighted by molar-refractivity contribution is -0.122. The first-order valence-corrected chi connectivity index (χ1v) is 6.67. The molecule has 0 aliphatic rings. The fourth-order valence-electron chi connectivity index (χ4n) is 1.47. The zero-order valence-corrected chi connectivity index (χ0v) is 11.3. The minimum Gasteiger partial charge on any atom is -0.385 e. The van der Waals surface area contributed by atoms with E-state index in [1.165, 1.54) is 0 Å². The molecule has 0 saturated heterocycles. The molecule has 1 aromatic rings. The molecule has 19 heavy (non-hydrogen) atoms. The molecule has 1 amide bonds. The molecular formula is C11H16F2N2O3S. The molecule has 108 valence electrons. The Balaban J connectivity index is 2.26. The molecule has 2 N–H and O–H groups in total. The molecule has 1 atom stereocenters. The number of aliphatic hydroxyl groups is 1. The standard InChI is InChI=1S/C11H16F2N2O3S/c1-7-6-19-11(18)15(7)4-2-3-9(17)14-5-8(16)10(12)13/h6,8,10,16H,2-5H2,1H3,(H,14,17). The average molecular weight is 294 g/mol. The Morgan fingerprint density at radius 2 is 2.26 bits per heavy atom. The minimum absolute atomic E-state index is 0.0777. The first-order chi connectivity index (χ1) is 8.91. The number of aliphatic hydroxyl groups excluding tert-OH is 1. The normalized spacial score (nSPS) is 12.7. The highest BCUT2D eigenvalue weighted by Gasteiger charge is 2.17. The summed E-state index contributed by atoms with van der Waals surface area (Å²) in [5.74, 6) is -0.416. The minimum atomic E-state index is -2.87. The number of aryl methyl sites for hydroxylation is 1. The van der Waals surface area contributed by atoms with Crippen LogP contribution in [-0.2, 0) is 11.3 Å². The number of rotatable bonds is 7. The number of carbonyl (C=O) groups is 1. The number of nitrogens with one attached hydrogen (secondary N) is 1. The highest BCUT2D eigenvalue weighted by atomic mass is 32.1. The van der Waals surface area contributed by atoms with Gasteiger partial charge in [0.05, 0.1) is 0 Å². The van der Waals surface area contributed by atoms with E-state index in [1.807, 2.05) is 0 Å². The van der Waals surface area contributed by atoms with Crippen LogP contribution in [0.25, 0.3) is 0 Å². The van der Waals surface area contributed by atoms with Crippen molar-refractivity contribution >= 4 is 17.2 Å². The highest BCUT2D eigenvalue weighted by molar-refractivity contribution is 7.07. The van der Waals surface area contributed by atoms with Gasteiger partial charge in [-0.05, 0) is 13.3 Å². The Bertz CT molecular complexity index is 473. The molecule has 0 fully saturated rings. The van der Waals surface area contributed by atoms with Gasteiger partial charge in [0.2, 0.25) is 5.91 Å². The molecule has 8 heteroatoms. The summed E-state index contributed by atoms with van der Waals surface area (Å²) in [6.45, 7) is 1.75. The van der Waals surface area contributed by atoms with Crippen LogP contribution in [0, 0.1) is 6.92 Å². The number of carbonyl (C=O) groups excluding carboxylic acids is 1. The van der Waals surface area contributed by atoms with Gasteiger partial charge in [-0.25, -0.2) is 8.78 Å². The van der Waals surface area contributed by atoms with Gasteiger partial charge >= 0.3 is 4.87 Å². The van der Waals surface area contributed by atoms with E-state index in [4.69, 9.17) is 5.11 Å². The van der Waals surface area contributed by atoms with Crippen LogP contribution in [0.15, 0.2) is 10.2 Å². The molecule has 0 aliphatic heterocycles. The van der Waals surface area contributed by atoms with Gasteiger partial charge in [-0.3, -0.25) is 9.59 Å². The van der Waals surface area contributed by atoms with Crippen LogP contribution in [0.5, 0.6) is 0 Å². The highest BCUT2D eigenvalue weighted by Crippen LogP contribution is 2.03. The number of hydrogen-bond acceptors (Lipinski definition) is 4. The number of amides is 1. The largest absolute Gasteiger partial charge is 0.385 e. The molecule has 1 heterocycles. The summed E-state index contributed by atoms with van der Waals surface area (Å²) in [7, 11) is 0. The van der Waals surface area contributed by atoms with Gasteiger partial charge in [-0.15, -0.1) is 0 Å². The zero-order chi connectivity index (χ0) is 14.4. The van der Waals surface area contributed by atoms with Crippen LogP contribution >= 0.6 is 11.3 Å². The molecular weight excluding hydrogens is 278 g/mol. The Morgan fingerprint density at radius 1 is 1.58 bits per heavy atom. The Morgan fingerprint density at radius 3 is 2.79 bits per heavy atom. The lowest BCUT2D eigenvalue weighted by Crippen LogP contribution is -2.35. The molecule has 0 spiro atoms. The second-order valence-electron chi connectivity index (χ2n) is 4.10. The van der Waals surface area contributed by atoms with Gasteiger partial charge in [0.1, 0.15) is 6.10 Å². The Kier molecular flexibility index (Phi) is 6.10. The van der Waals surface area contributed by atoms with Crippen molar-refractivity contribution in [3.8, 4) is 0 Å². The molecule has 0 aromatic carbocycles. The van der Waals surface area contributed by atoms with Gasteiger partial charge in [0.15, 0.2) is 0 Å². The predicted molar refractivity (Wildman–Crippen MR) is 67.6 cm³/mol. The zero-order valence-electron chi connectivity index (χ0n) is 10.4. The van der Waals surface area contributed by atoms with Crippen molar-refractivity contribution in [3.63, 3.8) is 0 Å². The van der Waals surface area contributed by atoms with Crippen molar-refractivity contribution in [2.24, 2.45) is 0 Å². The maximum absolute atomic E-state index is 12.0. The molecule has 0 radical (unpaired) electrons. The van der Waals surface area contributed by atoms with E-state index in [2.05, 4.69) is 5.32 Å². The fourth-order valence-corrected chi connectivity index (χ4v) is 2.23. The summed E-state index contributed by atoms with van der Waals surface area (Å²) < 4.78 is 25.5. The van der Waals surface area contributed by atoms with Gasteiger partial charge in [0, 0.05) is 30.6 Å². The second kappa shape index (κ2) is 7.34. The summed E-state index contributed by atoms with van der Waals surface area (Å²) in [6.07, 6.45) is -4.15. The number of aromatic nitrogens is 1. The third-order valence-corrected chi connectivity index (χ3v) is 3.44. The monoisotopic (exact) mass is 294 g/mol. The van der Waals surface area contributed by atoms with Crippen molar-refractivity contribution in [2.75, 3.05) is 6.54 Å². The van der Waals surface area contributed by atoms with Crippen LogP contribution < -0.4 is 10.2 Å². The predicted octanol–water partition coefficient (Wildman–Crippen LogP) is 0.741. The van der Waals surface area contributed by atoms with E-state index in [9.17, 15) is 18.4 Å². The topological polar surface area (TPSA) is 71.3 Å². The smallest absolute Gasteiger partial charge is 0.307 e. The maximum Gasteiger partial charge on any atom is 0.307 e. The lowest BCUT2D eigenvalue weighted by Gasteiger charge is -2.10. The van der Waals surface area contributed by atoms with Crippen LogP contribution in [0.3, 0.4) is 0 Å². The molecule has 0 saturated carbocycles.